The Labute approximate surface area is 83.6 Å². The monoisotopic (exact) mass is 189 g/mol. The zero-order chi connectivity index (χ0) is 9.97. The van der Waals surface area contributed by atoms with Crippen LogP contribution in [0.1, 0.15) is 29.5 Å². The molecule has 2 nitrogen and oxygen atoms in total. The van der Waals surface area contributed by atoms with E-state index >= 15 is 0 Å². The van der Waals surface area contributed by atoms with E-state index in [1.165, 1.54) is 24.0 Å². The number of rotatable bonds is 2. The first-order valence-corrected chi connectivity index (χ1v) is 5.00. The molecule has 0 amide bonds. The molecule has 0 saturated heterocycles. The first-order valence-electron chi connectivity index (χ1n) is 5.00. The maximum Gasteiger partial charge on any atom is 0.116 e. The number of hydrogen-bond acceptors (Lipinski definition) is 2. The van der Waals surface area contributed by atoms with E-state index < -0.39 is 0 Å². The number of aromatic hydroxyl groups is 1. The lowest BCUT2D eigenvalue weighted by molar-refractivity contribution is 0.467. The Morgan fingerprint density at radius 1 is 1.21 bits per heavy atom. The van der Waals surface area contributed by atoms with Gasteiger partial charge in [-0.05, 0) is 48.4 Å². The fourth-order valence-corrected chi connectivity index (χ4v) is 2.04. The normalized spacial score (nSPS) is 14.9. The molecule has 1 N–H and O–H groups in total. The maximum absolute atomic E-state index is 10.3. The van der Waals surface area contributed by atoms with Crippen molar-refractivity contribution < 1.29 is 9.90 Å². The van der Waals surface area contributed by atoms with Crippen molar-refractivity contribution in [3.8, 4) is 5.75 Å². The van der Waals surface area contributed by atoms with Gasteiger partial charge >= 0.3 is 0 Å². The first-order chi connectivity index (χ1) is 6.81. The highest BCUT2D eigenvalue weighted by Crippen LogP contribution is 2.28. The lowest BCUT2D eigenvalue weighted by atomic mass is 9.89. The molecule has 2 heteroatoms. The van der Waals surface area contributed by atoms with E-state index in [9.17, 15) is 9.90 Å². The first kappa shape index (κ1) is 9.25. The van der Waals surface area contributed by atoms with Gasteiger partial charge in [0.25, 0.3) is 0 Å². The fraction of sp³-hybridized carbons (Fsp3) is 0.417. The van der Waals surface area contributed by atoms with Crippen molar-refractivity contribution in [2.24, 2.45) is 0 Å². The average Bonchev–Trinajstić information content (AvgIpc) is 2.19. The van der Waals surface area contributed by atoms with Crippen molar-refractivity contribution in [3.63, 3.8) is 0 Å². The van der Waals surface area contributed by atoms with E-state index in [-0.39, 0.29) is 12.2 Å². The fourth-order valence-electron chi connectivity index (χ4n) is 2.04. The molecule has 0 unspecified atom stereocenters. The van der Waals surface area contributed by atoms with Crippen molar-refractivity contribution in [1.82, 2.24) is 0 Å². The second-order valence-corrected chi connectivity index (χ2v) is 3.78. The molecule has 0 saturated carbocycles. The summed E-state index contributed by atoms with van der Waals surface area (Å²) in [7, 11) is 0. The molecule has 74 valence electrons. The standard InChI is InChI=1S/C12H13O2/c13-6-5-11-7-9-3-1-2-4-10(9)8-12(11)14/h7-8,14H,1-5H2/q-1. The summed E-state index contributed by atoms with van der Waals surface area (Å²) in [5, 5.41) is 9.62. The Morgan fingerprint density at radius 3 is 2.50 bits per heavy atom. The van der Waals surface area contributed by atoms with Crippen molar-refractivity contribution in [2.75, 3.05) is 0 Å². The molecule has 0 radical (unpaired) electrons. The van der Waals surface area contributed by atoms with Crippen LogP contribution in [0.4, 0.5) is 0 Å². The average molecular weight is 189 g/mol. The van der Waals surface area contributed by atoms with Gasteiger partial charge in [-0.25, -0.2) is 0 Å². The third-order valence-corrected chi connectivity index (χ3v) is 2.81. The van der Waals surface area contributed by atoms with Crippen LogP contribution >= 0.6 is 0 Å². The third kappa shape index (κ3) is 1.65. The van der Waals surface area contributed by atoms with Crippen LogP contribution in [0.15, 0.2) is 12.1 Å². The van der Waals surface area contributed by atoms with E-state index in [0.29, 0.717) is 5.56 Å². The molecule has 1 aromatic carbocycles. The zero-order valence-corrected chi connectivity index (χ0v) is 8.05. The van der Waals surface area contributed by atoms with Crippen LogP contribution in [0.25, 0.3) is 0 Å². The molecular formula is C12H13O2-. The molecule has 0 atom stereocenters. The van der Waals surface area contributed by atoms with Gasteiger partial charge in [0.05, 0.1) is 0 Å². The van der Waals surface area contributed by atoms with E-state index in [1.54, 1.807) is 6.07 Å². The number of benzene rings is 1. The van der Waals surface area contributed by atoms with Gasteiger partial charge in [-0.1, -0.05) is 6.07 Å². The minimum absolute atomic E-state index is 0.194. The molecule has 0 aliphatic heterocycles. The van der Waals surface area contributed by atoms with Gasteiger partial charge in [0.2, 0.25) is 0 Å². The lowest BCUT2D eigenvalue weighted by Gasteiger charge is -2.18. The van der Waals surface area contributed by atoms with Gasteiger partial charge in [0, 0.05) is 0 Å². The lowest BCUT2D eigenvalue weighted by Crippen LogP contribution is -2.03. The highest BCUT2D eigenvalue weighted by atomic mass is 16.3. The van der Waals surface area contributed by atoms with Crippen LogP contribution in [0.2, 0.25) is 0 Å². The minimum Gasteiger partial charge on any atom is -0.541 e. The van der Waals surface area contributed by atoms with Crippen molar-refractivity contribution in [1.29, 1.82) is 0 Å². The van der Waals surface area contributed by atoms with Crippen LogP contribution < -0.4 is 0 Å². The topological polar surface area (TPSA) is 37.3 Å². The summed E-state index contributed by atoms with van der Waals surface area (Å²) in [6.45, 7) is 0. The molecular weight excluding hydrogens is 176 g/mol. The molecule has 0 spiro atoms. The van der Waals surface area contributed by atoms with E-state index in [0.717, 1.165) is 12.8 Å². The summed E-state index contributed by atoms with van der Waals surface area (Å²) >= 11 is 0. The second-order valence-electron chi connectivity index (χ2n) is 3.78. The van der Waals surface area contributed by atoms with Crippen molar-refractivity contribution >= 4 is 6.29 Å². The highest BCUT2D eigenvalue weighted by molar-refractivity contribution is 5.59. The van der Waals surface area contributed by atoms with Crippen LogP contribution in [0.3, 0.4) is 0 Å². The number of fused-ring (bicyclic) bond motifs is 1. The number of aryl methyl sites for hydroxylation is 2. The predicted molar refractivity (Wildman–Crippen MR) is 54.1 cm³/mol. The summed E-state index contributed by atoms with van der Waals surface area (Å²) in [6.07, 6.45) is 6.55. The molecule has 2 rings (SSSR count). The number of hydrogen-bond donors (Lipinski definition) is 1. The van der Waals surface area contributed by atoms with Crippen LogP contribution in [-0.4, -0.2) is 11.4 Å². The predicted octanol–water partition coefficient (Wildman–Crippen LogP) is 1.92. The van der Waals surface area contributed by atoms with Crippen molar-refractivity contribution in [3.05, 3.63) is 28.8 Å². The van der Waals surface area contributed by atoms with Gasteiger partial charge in [-0.15, -0.1) is 6.42 Å². The molecule has 0 bridgehead atoms. The molecule has 0 aromatic heterocycles. The Bertz CT molecular complexity index is 356. The molecule has 14 heavy (non-hydrogen) atoms. The minimum atomic E-state index is 0.194. The van der Waals surface area contributed by atoms with E-state index in [4.69, 9.17) is 0 Å². The van der Waals surface area contributed by atoms with Gasteiger partial charge in [0.15, 0.2) is 0 Å². The number of phenolic OH excluding ortho intramolecular Hbond substituents is 1. The van der Waals surface area contributed by atoms with Crippen molar-refractivity contribution in [2.45, 2.75) is 32.1 Å². The molecule has 1 aromatic rings. The van der Waals surface area contributed by atoms with Crippen LogP contribution in [-0.2, 0) is 24.1 Å². The summed E-state index contributed by atoms with van der Waals surface area (Å²) in [6, 6.07) is 3.76. The van der Waals surface area contributed by atoms with Gasteiger partial charge in [-0.3, -0.25) is 6.29 Å². The highest BCUT2D eigenvalue weighted by Gasteiger charge is 2.11. The molecule has 1 aliphatic carbocycles. The van der Waals surface area contributed by atoms with Crippen LogP contribution in [0, 0.1) is 0 Å². The van der Waals surface area contributed by atoms with E-state index in [2.05, 4.69) is 0 Å². The quantitative estimate of drug-likeness (QED) is 0.722. The largest absolute Gasteiger partial charge is 0.541 e. The molecule has 0 heterocycles. The van der Waals surface area contributed by atoms with E-state index in [1.807, 2.05) is 12.4 Å². The Hall–Kier alpha value is -1.31. The van der Waals surface area contributed by atoms with Gasteiger partial charge in [-0.2, -0.15) is 0 Å². The molecule has 0 fully saturated rings. The number of carbonyl (C=O) groups excluding carboxylic acids is 1. The Balaban J connectivity index is 2.40. The Morgan fingerprint density at radius 2 is 1.86 bits per heavy atom. The summed E-state index contributed by atoms with van der Waals surface area (Å²) < 4.78 is 0. The molecule has 1 aliphatic rings. The maximum atomic E-state index is 10.3. The zero-order valence-electron chi connectivity index (χ0n) is 8.05. The number of phenols is 1. The van der Waals surface area contributed by atoms with Crippen LogP contribution in [0.5, 0.6) is 5.75 Å². The summed E-state index contributed by atoms with van der Waals surface area (Å²) in [5.41, 5.74) is 3.24. The summed E-state index contributed by atoms with van der Waals surface area (Å²) in [5.74, 6) is 0.244. The Kier molecular flexibility index (Phi) is 2.53. The second kappa shape index (κ2) is 3.82. The summed E-state index contributed by atoms with van der Waals surface area (Å²) in [4.78, 5) is 10.3. The SMILES string of the molecule is O=[C-]Cc1cc2c(cc1O)CCCC2. The third-order valence-electron chi connectivity index (χ3n) is 2.81. The van der Waals surface area contributed by atoms with Gasteiger partial charge < -0.3 is 9.90 Å². The smallest absolute Gasteiger partial charge is 0.116 e. The van der Waals surface area contributed by atoms with Gasteiger partial charge in [0.1, 0.15) is 5.75 Å².